The van der Waals surface area contributed by atoms with Gasteiger partial charge in [-0.1, -0.05) is 6.92 Å². The monoisotopic (exact) mass is 297 g/mol. The summed E-state index contributed by atoms with van der Waals surface area (Å²) in [4.78, 5) is 4.89. The van der Waals surface area contributed by atoms with Crippen LogP contribution >= 0.6 is 11.3 Å². The summed E-state index contributed by atoms with van der Waals surface area (Å²) in [5.74, 6) is 0. The lowest BCUT2D eigenvalue weighted by molar-refractivity contribution is 0.596. The highest BCUT2D eigenvalue weighted by atomic mass is 32.2. The first-order valence-electron chi connectivity index (χ1n) is 5.74. The molecule has 0 spiro atoms. The van der Waals surface area contributed by atoms with Crippen LogP contribution in [-0.2, 0) is 16.4 Å². The molecule has 0 aliphatic heterocycles. The number of aromatic nitrogens is 1. The van der Waals surface area contributed by atoms with Crippen molar-refractivity contribution in [3.05, 3.63) is 35.5 Å². The Hall–Kier alpha value is -1.60. The van der Waals surface area contributed by atoms with E-state index in [1.54, 1.807) is 12.1 Å². The van der Waals surface area contributed by atoms with Crippen molar-refractivity contribution in [3.63, 3.8) is 0 Å². The number of aryl methyl sites for hydroxylation is 1. The number of thiophene rings is 1. The first-order valence-corrected chi connectivity index (χ1v) is 7.99. The van der Waals surface area contributed by atoms with Crippen LogP contribution in [0.25, 0.3) is 0 Å². The van der Waals surface area contributed by atoms with E-state index in [2.05, 4.69) is 4.98 Å². The maximum atomic E-state index is 12.5. The van der Waals surface area contributed by atoms with Crippen molar-refractivity contribution in [2.45, 2.75) is 17.6 Å². The van der Waals surface area contributed by atoms with Crippen LogP contribution in [0.2, 0.25) is 0 Å². The third-order valence-corrected chi connectivity index (χ3v) is 6.24. The second-order valence-corrected chi connectivity index (χ2v) is 7.35. The van der Waals surface area contributed by atoms with Crippen LogP contribution < -0.4 is 10.0 Å². The molecule has 5 nitrogen and oxygen atoms in total. The van der Waals surface area contributed by atoms with E-state index in [0.717, 1.165) is 11.3 Å². The van der Waals surface area contributed by atoms with Crippen LogP contribution in [0.15, 0.2) is 34.8 Å². The molecule has 2 heterocycles. The Bertz CT molecular complexity index is 680. The van der Waals surface area contributed by atoms with E-state index < -0.39 is 10.0 Å². The zero-order valence-corrected chi connectivity index (χ0v) is 12.3. The number of hydrogen-bond acceptors (Lipinski definition) is 5. The van der Waals surface area contributed by atoms with Gasteiger partial charge in [-0.2, -0.15) is 0 Å². The maximum absolute atomic E-state index is 12.5. The van der Waals surface area contributed by atoms with Crippen LogP contribution in [0.5, 0.6) is 0 Å². The molecule has 19 heavy (non-hydrogen) atoms. The fraction of sp³-hybridized carbons (Fsp3) is 0.250. The number of rotatable bonds is 4. The van der Waals surface area contributed by atoms with Gasteiger partial charge in [-0.15, -0.1) is 11.3 Å². The number of hydrogen-bond donors (Lipinski definition) is 1. The summed E-state index contributed by atoms with van der Waals surface area (Å²) in [5.41, 5.74) is 6.53. The molecule has 0 fully saturated rings. The smallest absolute Gasteiger partial charge is 0.273 e. The number of nitrogen functional groups attached to an aromatic ring is 1. The lowest BCUT2D eigenvalue weighted by Crippen LogP contribution is -2.26. The molecular weight excluding hydrogens is 282 g/mol. The predicted octanol–water partition coefficient (Wildman–Crippen LogP) is 2.11. The Morgan fingerprint density at radius 1 is 1.37 bits per heavy atom. The molecule has 0 radical (unpaired) electrons. The molecule has 2 N–H and O–H groups in total. The largest absolute Gasteiger partial charge is 0.396 e. The zero-order chi connectivity index (χ0) is 14.0. The number of pyridine rings is 1. The molecule has 0 aliphatic carbocycles. The number of sulfonamides is 1. The van der Waals surface area contributed by atoms with Crippen LogP contribution in [0.4, 0.5) is 11.4 Å². The highest BCUT2D eigenvalue weighted by Crippen LogP contribution is 2.30. The average molecular weight is 297 g/mol. The highest BCUT2D eigenvalue weighted by Gasteiger charge is 2.24. The van der Waals surface area contributed by atoms with Crippen LogP contribution in [-0.4, -0.2) is 20.4 Å². The van der Waals surface area contributed by atoms with Gasteiger partial charge >= 0.3 is 0 Å². The van der Waals surface area contributed by atoms with Crippen molar-refractivity contribution >= 4 is 32.7 Å². The fourth-order valence-electron chi connectivity index (χ4n) is 1.64. The van der Waals surface area contributed by atoms with Gasteiger partial charge in [0, 0.05) is 18.1 Å². The standard InChI is InChI=1S/C12H15N3O2S2/c1-3-9-4-5-12(18-9)19(16,17)15(2)11-6-7-14-8-10(11)13/h4-8H,3,13H2,1-2H3. The van der Waals surface area contributed by atoms with Crippen molar-refractivity contribution in [1.29, 1.82) is 0 Å². The second kappa shape index (κ2) is 5.18. The van der Waals surface area contributed by atoms with E-state index in [1.165, 1.54) is 35.1 Å². The molecule has 0 atom stereocenters. The van der Waals surface area contributed by atoms with Crippen molar-refractivity contribution in [2.75, 3.05) is 17.1 Å². The minimum absolute atomic E-state index is 0.322. The van der Waals surface area contributed by atoms with E-state index in [0.29, 0.717) is 15.6 Å². The lowest BCUT2D eigenvalue weighted by atomic mass is 10.3. The summed E-state index contributed by atoms with van der Waals surface area (Å²) in [6, 6.07) is 5.05. The van der Waals surface area contributed by atoms with Crippen LogP contribution in [0.3, 0.4) is 0 Å². The summed E-state index contributed by atoms with van der Waals surface area (Å²) in [7, 11) is -2.07. The van der Waals surface area contributed by atoms with Gasteiger partial charge in [0.1, 0.15) is 4.21 Å². The lowest BCUT2D eigenvalue weighted by Gasteiger charge is -2.19. The van der Waals surface area contributed by atoms with Gasteiger partial charge in [0.05, 0.1) is 17.6 Å². The SMILES string of the molecule is CCc1ccc(S(=O)(=O)N(C)c2ccncc2N)s1. The summed E-state index contributed by atoms with van der Waals surface area (Å²) in [6.07, 6.45) is 3.78. The van der Waals surface area contributed by atoms with E-state index in [1.807, 2.05) is 13.0 Å². The molecule has 0 saturated carbocycles. The molecule has 0 amide bonds. The molecular formula is C12H15N3O2S2. The Balaban J connectivity index is 2.42. The summed E-state index contributed by atoms with van der Waals surface area (Å²) in [6.45, 7) is 1.99. The normalized spacial score (nSPS) is 11.5. The summed E-state index contributed by atoms with van der Waals surface area (Å²) in [5, 5.41) is 0. The molecule has 0 saturated heterocycles. The van der Waals surface area contributed by atoms with Gasteiger partial charge in [0.15, 0.2) is 0 Å². The van der Waals surface area contributed by atoms with E-state index in [-0.39, 0.29) is 0 Å². The van der Waals surface area contributed by atoms with Gasteiger partial charge in [-0.3, -0.25) is 9.29 Å². The van der Waals surface area contributed by atoms with Crippen molar-refractivity contribution in [3.8, 4) is 0 Å². The quantitative estimate of drug-likeness (QED) is 0.937. The molecule has 7 heteroatoms. The Morgan fingerprint density at radius 2 is 2.11 bits per heavy atom. The van der Waals surface area contributed by atoms with Gasteiger partial charge in [0.25, 0.3) is 10.0 Å². The van der Waals surface area contributed by atoms with Crippen LogP contribution in [0, 0.1) is 0 Å². The zero-order valence-electron chi connectivity index (χ0n) is 10.7. The molecule has 2 aromatic heterocycles. The molecule has 0 aromatic carbocycles. The Morgan fingerprint density at radius 3 is 2.68 bits per heavy atom. The molecule has 0 unspecified atom stereocenters. The minimum atomic E-state index is -3.56. The topological polar surface area (TPSA) is 76.3 Å². The molecule has 0 aliphatic rings. The number of nitrogens with zero attached hydrogens (tertiary/aromatic N) is 2. The van der Waals surface area contributed by atoms with Crippen molar-refractivity contribution < 1.29 is 8.42 Å². The molecule has 2 rings (SSSR count). The van der Waals surface area contributed by atoms with Gasteiger partial charge in [-0.05, 0) is 24.6 Å². The maximum Gasteiger partial charge on any atom is 0.273 e. The Kier molecular flexibility index (Phi) is 3.77. The van der Waals surface area contributed by atoms with Crippen molar-refractivity contribution in [1.82, 2.24) is 4.98 Å². The van der Waals surface area contributed by atoms with E-state index in [4.69, 9.17) is 5.73 Å². The van der Waals surface area contributed by atoms with Gasteiger partial charge in [0.2, 0.25) is 0 Å². The summed E-state index contributed by atoms with van der Waals surface area (Å²) < 4.78 is 26.5. The van der Waals surface area contributed by atoms with Gasteiger partial charge < -0.3 is 5.73 Å². The average Bonchev–Trinajstić information content (AvgIpc) is 2.88. The first kappa shape index (κ1) is 13.8. The van der Waals surface area contributed by atoms with Crippen molar-refractivity contribution in [2.24, 2.45) is 0 Å². The predicted molar refractivity (Wildman–Crippen MR) is 77.9 cm³/mol. The first-order chi connectivity index (χ1) is 8.96. The van der Waals surface area contributed by atoms with Crippen LogP contribution in [0.1, 0.15) is 11.8 Å². The summed E-state index contributed by atoms with van der Waals surface area (Å²) >= 11 is 1.28. The number of anilines is 2. The second-order valence-electron chi connectivity index (χ2n) is 3.98. The third-order valence-electron chi connectivity index (χ3n) is 2.77. The fourth-order valence-corrected chi connectivity index (χ4v) is 4.33. The molecule has 2 aromatic rings. The minimum Gasteiger partial charge on any atom is -0.396 e. The van der Waals surface area contributed by atoms with Gasteiger partial charge in [-0.25, -0.2) is 8.42 Å². The van der Waals surface area contributed by atoms with E-state index in [9.17, 15) is 8.42 Å². The highest BCUT2D eigenvalue weighted by molar-refractivity contribution is 7.94. The molecule has 102 valence electrons. The Labute approximate surface area is 116 Å². The number of nitrogens with two attached hydrogens (primary N) is 1. The molecule has 0 bridgehead atoms. The van der Waals surface area contributed by atoms with E-state index >= 15 is 0 Å². The third kappa shape index (κ3) is 2.57.